The highest BCUT2D eigenvalue weighted by molar-refractivity contribution is 7.20. The van der Waals surface area contributed by atoms with Gasteiger partial charge in [-0.3, -0.25) is 9.78 Å². The second kappa shape index (κ2) is 5.49. The minimum Gasteiger partial charge on any atom is -0.408 e. The molecule has 23 heavy (non-hydrogen) atoms. The Morgan fingerprint density at radius 1 is 1.26 bits per heavy atom. The van der Waals surface area contributed by atoms with Crippen molar-refractivity contribution in [1.82, 2.24) is 9.97 Å². The minimum atomic E-state index is -0.524. The van der Waals surface area contributed by atoms with E-state index in [1.165, 1.54) is 11.3 Å². The Labute approximate surface area is 137 Å². The van der Waals surface area contributed by atoms with Crippen LogP contribution in [-0.4, -0.2) is 15.9 Å². The number of amides is 1. The Kier molecular flexibility index (Phi) is 3.32. The van der Waals surface area contributed by atoms with Crippen LogP contribution < -0.4 is 11.1 Å². The van der Waals surface area contributed by atoms with Gasteiger partial charge in [-0.05, 0) is 29.6 Å². The molecule has 8 heteroatoms. The number of nitrogens with zero attached hydrogens (tertiary/aromatic N) is 1. The second-order valence-corrected chi connectivity index (χ2v) is 6.50. The van der Waals surface area contributed by atoms with E-state index in [1.54, 1.807) is 34.9 Å². The number of hydrogen-bond donors (Lipinski definition) is 2. The summed E-state index contributed by atoms with van der Waals surface area (Å²) in [6.07, 6.45) is 0. The van der Waals surface area contributed by atoms with Crippen molar-refractivity contribution in [2.24, 2.45) is 0 Å². The molecule has 6 nitrogen and oxygen atoms in total. The largest absolute Gasteiger partial charge is 0.417 e. The summed E-state index contributed by atoms with van der Waals surface area (Å²) in [5, 5.41) is 7.28. The lowest BCUT2D eigenvalue weighted by atomic mass is 10.3. The van der Waals surface area contributed by atoms with Crippen molar-refractivity contribution in [1.29, 1.82) is 0 Å². The molecule has 4 rings (SSSR count). The molecule has 0 atom stereocenters. The molecule has 0 saturated carbocycles. The van der Waals surface area contributed by atoms with E-state index in [0.29, 0.717) is 22.5 Å². The number of rotatable bonds is 3. The number of nitrogens with one attached hydrogen (secondary N) is 2. The molecule has 3 aromatic heterocycles. The number of fused-ring (bicyclic) bond motifs is 1. The van der Waals surface area contributed by atoms with E-state index in [4.69, 9.17) is 4.42 Å². The molecule has 0 spiro atoms. The van der Waals surface area contributed by atoms with Crippen LogP contribution in [0.2, 0.25) is 0 Å². The van der Waals surface area contributed by atoms with Crippen LogP contribution in [0.1, 0.15) is 10.5 Å². The fourth-order valence-electron chi connectivity index (χ4n) is 2.12. The van der Waals surface area contributed by atoms with Crippen molar-refractivity contribution in [2.45, 2.75) is 0 Å². The fraction of sp³-hybridized carbons (Fsp3) is 0. The lowest BCUT2D eigenvalue weighted by molar-refractivity contribution is 0.102. The maximum atomic E-state index is 12.3. The maximum Gasteiger partial charge on any atom is 0.417 e. The van der Waals surface area contributed by atoms with Gasteiger partial charge in [0.2, 0.25) is 0 Å². The zero-order chi connectivity index (χ0) is 15.8. The average molecular weight is 343 g/mol. The Bertz CT molecular complexity index is 1040. The molecule has 1 amide bonds. The van der Waals surface area contributed by atoms with Crippen LogP contribution in [0.4, 0.5) is 5.69 Å². The minimum absolute atomic E-state index is 0.297. The van der Waals surface area contributed by atoms with Crippen molar-refractivity contribution in [2.75, 3.05) is 5.32 Å². The molecule has 114 valence electrons. The van der Waals surface area contributed by atoms with Crippen LogP contribution in [0.15, 0.2) is 50.3 Å². The first-order chi connectivity index (χ1) is 11.2. The summed E-state index contributed by atoms with van der Waals surface area (Å²) < 4.78 is 4.92. The summed E-state index contributed by atoms with van der Waals surface area (Å²) >= 11 is 3.01. The van der Waals surface area contributed by atoms with E-state index in [9.17, 15) is 9.59 Å². The second-order valence-electron chi connectivity index (χ2n) is 4.69. The molecule has 0 saturated heterocycles. The number of H-pyrrole nitrogens is 1. The molecule has 2 N–H and O–H groups in total. The third-order valence-corrected chi connectivity index (χ3v) is 5.03. The average Bonchev–Trinajstić information content (AvgIpc) is 3.26. The third kappa shape index (κ3) is 2.69. The summed E-state index contributed by atoms with van der Waals surface area (Å²) in [5.41, 5.74) is 1.90. The highest BCUT2D eigenvalue weighted by Crippen LogP contribution is 2.28. The molecule has 0 aliphatic rings. The van der Waals surface area contributed by atoms with E-state index in [1.807, 2.05) is 17.5 Å². The number of benzene rings is 1. The van der Waals surface area contributed by atoms with Crippen molar-refractivity contribution in [3.8, 4) is 9.88 Å². The highest BCUT2D eigenvalue weighted by atomic mass is 32.1. The summed E-state index contributed by atoms with van der Waals surface area (Å²) in [6, 6.07) is 8.85. The van der Waals surface area contributed by atoms with E-state index < -0.39 is 5.76 Å². The number of anilines is 1. The van der Waals surface area contributed by atoms with E-state index in [-0.39, 0.29) is 5.91 Å². The van der Waals surface area contributed by atoms with Crippen LogP contribution in [0.5, 0.6) is 0 Å². The molecule has 3 heterocycles. The van der Waals surface area contributed by atoms with Crippen molar-refractivity contribution < 1.29 is 9.21 Å². The quantitative estimate of drug-likeness (QED) is 0.595. The van der Waals surface area contributed by atoms with Crippen molar-refractivity contribution in [3.63, 3.8) is 0 Å². The van der Waals surface area contributed by atoms with Gasteiger partial charge in [-0.15, -0.1) is 22.7 Å². The lowest BCUT2D eigenvalue weighted by Gasteiger charge is -2.02. The standard InChI is InChI=1S/C15H9N3O3S2/c19-13(10-7-23-14(17-10)12-2-1-5-22-12)16-8-3-4-11-9(6-8)18-15(20)21-11/h1-7H,(H,16,19)(H,18,20). The van der Waals surface area contributed by atoms with Crippen LogP contribution in [0.3, 0.4) is 0 Å². The summed E-state index contributed by atoms with van der Waals surface area (Å²) in [4.78, 5) is 31.4. The van der Waals surface area contributed by atoms with Gasteiger partial charge in [0.1, 0.15) is 10.7 Å². The van der Waals surface area contributed by atoms with Crippen LogP contribution in [-0.2, 0) is 0 Å². The van der Waals surface area contributed by atoms with Gasteiger partial charge < -0.3 is 9.73 Å². The number of carbonyl (C=O) groups excluding carboxylic acids is 1. The van der Waals surface area contributed by atoms with Gasteiger partial charge in [0.15, 0.2) is 5.58 Å². The molecule has 0 fully saturated rings. The Morgan fingerprint density at radius 2 is 2.17 bits per heavy atom. The predicted octanol–water partition coefficient (Wildman–Crippen LogP) is 3.56. The number of oxazole rings is 1. The number of hydrogen-bond acceptors (Lipinski definition) is 6. The number of aromatic amines is 1. The van der Waals surface area contributed by atoms with Gasteiger partial charge in [0.05, 0.1) is 10.4 Å². The third-order valence-electron chi connectivity index (χ3n) is 3.15. The topological polar surface area (TPSA) is 88.0 Å². The smallest absolute Gasteiger partial charge is 0.408 e. The Hall–Kier alpha value is -2.71. The van der Waals surface area contributed by atoms with Gasteiger partial charge in [-0.1, -0.05) is 6.07 Å². The SMILES string of the molecule is O=C(Nc1ccc2oc(=O)[nH]c2c1)c1csc(-c2cccs2)n1. The van der Waals surface area contributed by atoms with Gasteiger partial charge >= 0.3 is 5.76 Å². The molecule has 1 aromatic carbocycles. The summed E-state index contributed by atoms with van der Waals surface area (Å²) in [7, 11) is 0. The van der Waals surface area contributed by atoms with Gasteiger partial charge in [0.25, 0.3) is 5.91 Å². The van der Waals surface area contributed by atoms with Crippen LogP contribution in [0.25, 0.3) is 21.0 Å². The summed E-state index contributed by atoms with van der Waals surface area (Å²) in [5.74, 6) is -0.821. The number of aromatic nitrogens is 2. The number of carbonyl (C=O) groups is 1. The predicted molar refractivity (Wildman–Crippen MR) is 90.2 cm³/mol. The van der Waals surface area contributed by atoms with Crippen LogP contribution >= 0.6 is 22.7 Å². The molecule has 0 bridgehead atoms. The van der Waals surface area contributed by atoms with Gasteiger partial charge in [-0.2, -0.15) is 0 Å². The Balaban J connectivity index is 1.57. The van der Waals surface area contributed by atoms with E-state index in [0.717, 1.165) is 9.88 Å². The van der Waals surface area contributed by atoms with Crippen LogP contribution in [0, 0.1) is 0 Å². The zero-order valence-electron chi connectivity index (χ0n) is 11.5. The molecular weight excluding hydrogens is 334 g/mol. The monoisotopic (exact) mass is 343 g/mol. The van der Waals surface area contributed by atoms with Gasteiger partial charge in [0, 0.05) is 11.1 Å². The molecule has 0 aliphatic carbocycles. The first kappa shape index (κ1) is 13.9. The van der Waals surface area contributed by atoms with Gasteiger partial charge in [-0.25, -0.2) is 9.78 Å². The fourth-order valence-corrected chi connectivity index (χ4v) is 3.73. The van der Waals surface area contributed by atoms with Crippen molar-refractivity contribution in [3.05, 3.63) is 57.3 Å². The number of thiophene rings is 1. The van der Waals surface area contributed by atoms with E-state index in [2.05, 4.69) is 15.3 Å². The normalized spacial score (nSPS) is 11.0. The summed E-state index contributed by atoms with van der Waals surface area (Å²) in [6.45, 7) is 0. The molecule has 0 radical (unpaired) electrons. The maximum absolute atomic E-state index is 12.3. The molecular formula is C15H9N3O3S2. The van der Waals surface area contributed by atoms with E-state index >= 15 is 0 Å². The zero-order valence-corrected chi connectivity index (χ0v) is 13.2. The van der Waals surface area contributed by atoms with Crippen molar-refractivity contribution >= 4 is 45.4 Å². The first-order valence-corrected chi connectivity index (χ1v) is 8.38. The number of thiazole rings is 1. The lowest BCUT2D eigenvalue weighted by Crippen LogP contribution is -2.12. The first-order valence-electron chi connectivity index (χ1n) is 6.63. The Morgan fingerprint density at radius 3 is 3.00 bits per heavy atom. The molecule has 4 aromatic rings. The molecule has 0 unspecified atom stereocenters. The molecule has 0 aliphatic heterocycles. The highest BCUT2D eigenvalue weighted by Gasteiger charge is 2.13.